The van der Waals surface area contributed by atoms with Crippen LogP contribution in [0.3, 0.4) is 0 Å². The molecule has 126 valence electrons. The monoisotopic (exact) mass is 317 g/mol. The highest BCUT2D eigenvalue weighted by molar-refractivity contribution is 7.88. The Labute approximate surface area is 132 Å². The highest BCUT2D eigenvalue weighted by Gasteiger charge is 2.39. The first-order chi connectivity index (χ1) is 9.74. The van der Waals surface area contributed by atoms with Gasteiger partial charge in [0.25, 0.3) is 0 Å². The van der Waals surface area contributed by atoms with Crippen molar-refractivity contribution in [3.63, 3.8) is 0 Å². The lowest BCUT2D eigenvalue weighted by molar-refractivity contribution is 0.0778. The molecule has 0 amide bonds. The third-order valence-corrected chi connectivity index (χ3v) is 7.03. The Kier molecular flexibility index (Phi) is 7.18. The zero-order valence-corrected chi connectivity index (χ0v) is 15.5. The fourth-order valence-electron chi connectivity index (χ4n) is 3.90. The molecule has 3 nitrogen and oxygen atoms in total. The van der Waals surface area contributed by atoms with Gasteiger partial charge in [-0.3, -0.25) is 0 Å². The third kappa shape index (κ3) is 5.24. The second kappa shape index (κ2) is 7.96. The summed E-state index contributed by atoms with van der Waals surface area (Å²) in [5.41, 5.74) is 0.381. The predicted molar refractivity (Wildman–Crippen MR) is 90.9 cm³/mol. The average molecular weight is 318 g/mol. The Morgan fingerprint density at radius 3 is 2.33 bits per heavy atom. The van der Waals surface area contributed by atoms with Crippen LogP contribution in [0.5, 0.6) is 0 Å². The number of rotatable bonds is 8. The highest BCUT2D eigenvalue weighted by atomic mass is 32.2. The van der Waals surface area contributed by atoms with Crippen LogP contribution in [0.1, 0.15) is 79.1 Å². The largest absolute Gasteiger partial charge is 0.212 e. The minimum absolute atomic E-state index is 0.153. The second-order valence-electron chi connectivity index (χ2n) is 7.26. The second-order valence-corrected chi connectivity index (χ2v) is 9.20. The van der Waals surface area contributed by atoms with Gasteiger partial charge in [0.1, 0.15) is 0 Å². The van der Waals surface area contributed by atoms with Crippen molar-refractivity contribution in [1.82, 2.24) is 4.31 Å². The van der Waals surface area contributed by atoms with Gasteiger partial charge >= 0.3 is 0 Å². The molecule has 0 aromatic carbocycles. The molecule has 0 bridgehead atoms. The van der Waals surface area contributed by atoms with Crippen molar-refractivity contribution < 1.29 is 8.42 Å². The Balaban J connectivity index is 2.63. The van der Waals surface area contributed by atoms with E-state index in [-0.39, 0.29) is 6.04 Å². The number of sulfonamides is 1. The number of unbranched alkanes of at least 4 members (excludes halogenated alkanes) is 3. The van der Waals surface area contributed by atoms with Crippen LogP contribution in [0, 0.1) is 11.3 Å². The van der Waals surface area contributed by atoms with Gasteiger partial charge in [-0.25, -0.2) is 8.42 Å². The van der Waals surface area contributed by atoms with E-state index in [0.29, 0.717) is 17.9 Å². The molecule has 1 saturated heterocycles. The first kappa shape index (κ1) is 19.0. The van der Waals surface area contributed by atoms with E-state index >= 15 is 0 Å². The van der Waals surface area contributed by atoms with Crippen molar-refractivity contribution in [1.29, 1.82) is 0 Å². The van der Waals surface area contributed by atoms with Crippen LogP contribution >= 0.6 is 0 Å². The van der Waals surface area contributed by atoms with Gasteiger partial charge in [-0.2, -0.15) is 4.31 Å². The molecule has 4 heteroatoms. The third-order valence-electron chi connectivity index (χ3n) is 5.64. The Morgan fingerprint density at radius 2 is 1.86 bits per heavy atom. The van der Waals surface area contributed by atoms with E-state index in [2.05, 4.69) is 27.7 Å². The smallest absolute Gasteiger partial charge is 0.211 e. The molecule has 0 N–H and O–H groups in total. The highest BCUT2D eigenvalue weighted by Crippen LogP contribution is 2.44. The lowest BCUT2D eigenvalue weighted by Crippen LogP contribution is -2.47. The van der Waals surface area contributed by atoms with Gasteiger partial charge in [-0.05, 0) is 37.5 Å². The molecule has 1 aliphatic rings. The van der Waals surface area contributed by atoms with Gasteiger partial charge in [0.05, 0.1) is 6.26 Å². The lowest BCUT2D eigenvalue weighted by atomic mass is 9.67. The van der Waals surface area contributed by atoms with Gasteiger partial charge in [-0.15, -0.1) is 0 Å². The van der Waals surface area contributed by atoms with Crippen molar-refractivity contribution in [2.24, 2.45) is 11.3 Å². The molecular formula is C17H35NO2S. The van der Waals surface area contributed by atoms with Crippen molar-refractivity contribution in [2.75, 3.05) is 12.8 Å². The molecule has 21 heavy (non-hydrogen) atoms. The van der Waals surface area contributed by atoms with Crippen LogP contribution in [0.15, 0.2) is 0 Å². The van der Waals surface area contributed by atoms with E-state index in [9.17, 15) is 8.42 Å². The summed E-state index contributed by atoms with van der Waals surface area (Å²) in [6.07, 6.45) is 11.2. The summed E-state index contributed by atoms with van der Waals surface area (Å²) in [5, 5.41) is 0. The SMILES string of the molecule is CCCCCCC(C)(CC)C1CCN(S(C)(=O)=O)C(C)C1. The maximum atomic E-state index is 11.8. The standard InChI is InChI=1S/C17H35NO2S/c1-6-8-9-10-12-17(4,7-2)16-11-13-18(15(3)14-16)21(5,19)20/h15-16H,6-14H2,1-5H3. The molecule has 0 saturated carbocycles. The fourth-order valence-corrected chi connectivity index (χ4v) is 5.08. The molecule has 1 rings (SSSR count). The molecule has 1 fully saturated rings. The average Bonchev–Trinajstić information content (AvgIpc) is 2.42. The number of piperidine rings is 1. The predicted octanol–water partition coefficient (Wildman–Crippen LogP) is 4.43. The van der Waals surface area contributed by atoms with Gasteiger partial charge in [-0.1, -0.05) is 52.9 Å². The lowest BCUT2D eigenvalue weighted by Gasteiger charge is -2.45. The van der Waals surface area contributed by atoms with Crippen molar-refractivity contribution in [2.45, 2.75) is 85.1 Å². The summed E-state index contributed by atoms with van der Waals surface area (Å²) >= 11 is 0. The van der Waals surface area contributed by atoms with E-state index in [4.69, 9.17) is 0 Å². The van der Waals surface area contributed by atoms with Gasteiger partial charge < -0.3 is 0 Å². The quantitative estimate of drug-likeness (QED) is 0.621. The first-order valence-electron chi connectivity index (χ1n) is 8.71. The van der Waals surface area contributed by atoms with Crippen LogP contribution in [0.4, 0.5) is 0 Å². The summed E-state index contributed by atoms with van der Waals surface area (Å²) < 4.78 is 25.3. The maximum absolute atomic E-state index is 11.8. The number of nitrogens with zero attached hydrogens (tertiary/aromatic N) is 1. The number of hydrogen-bond donors (Lipinski definition) is 0. The maximum Gasteiger partial charge on any atom is 0.211 e. The van der Waals surface area contributed by atoms with Gasteiger partial charge in [0, 0.05) is 12.6 Å². The van der Waals surface area contributed by atoms with Gasteiger partial charge in [0.15, 0.2) is 0 Å². The van der Waals surface area contributed by atoms with Crippen molar-refractivity contribution in [3.8, 4) is 0 Å². The molecule has 1 heterocycles. The molecule has 0 aromatic rings. The van der Waals surface area contributed by atoms with E-state index in [1.807, 2.05) is 0 Å². The Hall–Kier alpha value is -0.0900. The van der Waals surface area contributed by atoms with Crippen LogP contribution in [-0.4, -0.2) is 31.6 Å². The van der Waals surface area contributed by atoms with Crippen LogP contribution in [0.25, 0.3) is 0 Å². The van der Waals surface area contributed by atoms with Crippen molar-refractivity contribution >= 4 is 10.0 Å². The zero-order valence-electron chi connectivity index (χ0n) is 14.7. The van der Waals surface area contributed by atoms with Gasteiger partial charge in [0.2, 0.25) is 10.0 Å². The fraction of sp³-hybridized carbons (Fsp3) is 1.00. The zero-order chi connectivity index (χ0) is 16.1. The summed E-state index contributed by atoms with van der Waals surface area (Å²) in [6, 6.07) is 0.153. The van der Waals surface area contributed by atoms with E-state index < -0.39 is 10.0 Å². The molecular weight excluding hydrogens is 282 g/mol. The molecule has 3 unspecified atom stereocenters. The summed E-state index contributed by atoms with van der Waals surface area (Å²) in [7, 11) is -3.04. The normalized spacial score (nSPS) is 27.5. The molecule has 0 spiro atoms. The van der Waals surface area contributed by atoms with Crippen LogP contribution in [0.2, 0.25) is 0 Å². The summed E-state index contributed by atoms with van der Waals surface area (Å²) in [5.74, 6) is 0.664. The first-order valence-corrected chi connectivity index (χ1v) is 10.6. The Morgan fingerprint density at radius 1 is 1.19 bits per heavy atom. The number of hydrogen-bond acceptors (Lipinski definition) is 2. The van der Waals surface area contributed by atoms with Crippen molar-refractivity contribution in [3.05, 3.63) is 0 Å². The summed E-state index contributed by atoms with van der Waals surface area (Å²) in [4.78, 5) is 0. The molecule has 0 aliphatic carbocycles. The van der Waals surface area contributed by atoms with E-state index in [1.165, 1.54) is 44.8 Å². The minimum Gasteiger partial charge on any atom is -0.212 e. The van der Waals surface area contributed by atoms with Crippen LogP contribution < -0.4 is 0 Å². The molecule has 3 atom stereocenters. The minimum atomic E-state index is -3.04. The van der Waals surface area contributed by atoms with Crippen LogP contribution in [-0.2, 0) is 10.0 Å². The molecule has 0 radical (unpaired) electrons. The van der Waals surface area contributed by atoms with E-state index in [1.54, 1.807) is 4.31 Å². The molecule has 1 aliphatic heterocycles. The van der Waals surface area contributed by atoms with E-state index in [0.717, 1.165) is 12.8 Å². The topological polar surface area (TPSA) is 37.4 Å². The molecule has 0 aromatic heterocycles. The summed E-state index contributed by atoms with van der Waals surface area (Å²) in [6.45, 7) is 9.75. The Bertz CT molecular complexity index is 407.